The predicted octanol–water partition coefficient (Wildman–Crippen LogP) is 1.28. The van der Waals surface area contributed by atoms with E-state index in [0.29, 0.717) is 11.2 Å². The van der Waals surface area contributed by atoms with Gasteiger partial charge in [0, 0.05) is 12.3 Å². The first-order valence-electron chi connectivity index (χ1n) is 3.96. The van der Waals surface area contributed by atoms with Gasteiger partial charge in [-0.15, -0.1) is 0 Å². The Morgan fingerprint density at radius 2 is 2.08 bits per heavy atom. The molecule has 1 aromatic heterocycles. The molecule has 62 valence electrons. The normalized spacial score (nSPS) is 18.8. The van der Waals surface area contributed by atoms with Crippen LogP contribution in [-0.2, 0) is 0 Å². The number of aromatic nitrogens is 1. The van der Waals surface area contributed by atoms with E-state index in [0.717, 1.165) is 5.82 Å². The zero-order valence-corrected chi connectivity index (χ0v) is 6.77. The summed E-state index contributed by atoms with van der Waals surface area (Å²) in [6, 6.07) is 4.01. The second kappa shape index (κ2) is 2.62. The van der Waals surface area contributed by atoms with E-state index < -0.39 is 0 Å². The van der Waals surface area contributed by atoms with Gasteiger partial charge in [0.25, 0.3) is 0 Å². The van der Waals surface area contributed by atoms with Crippen molar-refractivity contribution in [2.45, 2.75) is 0 Å². The van der Waals surface area contributed by atoms with Crippen molar-refractivity contribution in [2.75, 3.05) is 6.67 Å². The lowest BCUT2D eigenvalue weighted by Crippen LogP contribution is -2.42. The average Bonchev–Trinajstić information content (AvgIpc) is 2.76. The lowest BCUT2D eigenvalue weighted by atomic mass is 10.5. The van der Waals surface area contributed by atoms with Crippen LogP contribution in [0, 0.1) is 0 Å². The van der Waals surface area contributed by atoms with Gasteiger partial charge in [0.15, 0.2) is 0 Å². The molecule has 3 N–H and O–H groups in total. The zero-order chi connectivity index (χ0) is 8.44. The topological polar surface area (TPSA) is 41.8 Å². The number of nitrogens with zero attached hydrogens (tertiary/aromatic N) is 1. The lowest BCUT2D eigenvalue weighted by molar-refractivity contribution is 0.501. The molecule has 0 atom stereocenters. The van der Waals surface area contributed by atoms with Crippen molar-refractivity contribution in [1.82, 2.24) is 9.47 Å². The molecule has 0 saturated heterocycles. The van der Waals surface area contributed by atoms with Crippen molar-refractivity contribution in [1.29, 1.82) is 0 Å². The van der Waals surface area contributed by atoms with Crippen LogP contribution >= 0.6 is 0 Å². The fraction of sp³-hybridized carbons (Fsp3) is 0.111. The number of rotatable bonds is 2. The van der Waals surface area contributed by atoms with E-state index in [2.05, 4.69) is 17.4 Å². The number of quaternary nitrogens is 1. The second-order valence-electron chi connectivity index (χ2n) is 2.85. The maximum Gasteiger partial charge on any atom is 0.215 e. The molecule has 0 spiro atoms. The van der Waals surface area contributed by atoms with E-state index in [4.69, 9.17) is 5.73 Å². The number of aromatic amines is 1. The Morgan fingerprint density at radius 3 is 2.58 bits per heavy atom. The molecule has 3 heteroatoms. The van der Waals surface area contributed by atoms with Gasteiger partial charge in [-0.1, -0.05) is 0 Å². The Hall–Kier alpha value is -1.32. The van der Waals surface area contributed by atoms with Crippen LogP contribution in [0.1, 0.15) is 0 Å². The highest BCUT2D eigenvalue weighted by atomic mass is 15.4. The molecule has 0 unspecified atom stereocenters. The van der Waals surface area contributed by atoms with Crippen LogP contribution in [0.25, 0.3) is 0 Å². The van der Waals surface area contributed by atoms with Gasteiger partial charge >= 0.3 is 0 Å². The SMILES string of the molecule is NC[N+]1(c2ccc[nH]2)C=CC=C1. The van der Waals surface area contributed by atoms with Gasteiger partial charge in [-0.25, -0.2) is 4.48 Å². The highest BCUT2D eigenvalue weighted by molar-refractivity contribution is 5.44. The minimum Gasteiger partial charge on any atom is -0.317 e. The summed E-state index contributed by atoms with van der Waals surface area (Å²) in [5.74, 6) is 1.10. The van der Waals surface area contributed by atoms with Crippen LogP contribution in [0.3, 0.4) is 0 Å². The first kappa shape index (κ1) is 7.34. The summed E-state index contributed by atoms with van der Waals surface area (Å²) in [6.07, 6.45) is 10.0. The minimum atomic E-state index is 0.549. The maximum atomic E-state index is 5.71. The Balaban J connectivity index is 2.42. The molecule has 1 aliphatic heterocycles. The Morgan fingerprint density at radius 1 is 1.33 bits per heavy atom. The largest absolute Gasteiger partial charge is 0.317 e. The van der Waals surface area contributed by atoms with E-state index in [-0.39, 0.29) is 0 Å². The van der Waals surface area contributed by atoms with Crippen LogP contribution in [0.2, 0.25) is 0 Å². The standard InChI is InChI=1S/C9H12N3/c10-8-12(6-1-2-7-12)9-4-3-5-11-9/h1-7,11H,8,10H2/q+1. The quantitative estimate of drug-likeness (QED) is 0.632. The summed E-state index contributed by atoms with van der Waals surface area (Å²) in [4.78, 5) is 3.16. The van der Waals surface area contributed by atoms with Gasteiger partial charge in [-0.3, -0.25) is 5.73 Å². The molecule has 0 bridgehead atoms. The minimum absolute atomic E-state index is 0.549. The summed E-state index contributed by atoms with van der Waals surface area (Å²) in [5, 5.41) is 0. The summed E-state index contributed by atoms with van der Waals surface area (Å²) < 4.78 is 0.590. The molecule has 0 saturated carbocycles. The molecule has 0 radical (unpaired) electrons. The van der Waals surface area contributed by atoms with E-state index in [1.807, 2.05) is 30.5 Å². The smallest absolute Gasteiger partial charge is 0.215 e. The van der Waals surface area contributed by atoms with E-state index in [1.54, 1.807) is 0 Å². The molecule has 0 fully saturated rings. The van der Waals surface area contributed by atoms with Gasteiger partial charge in [0.1, 0.15) is 19.1 Å². The van der Waals surface area contributed by atoms with Gasteiger partial charge in [0.05, 0.1) is 0 Å². The van der Waals surface area contributed by atoms with Crippen molar-refractivity contribution in [3.05, 3.63) is 42.9 Å². The first-order valence-corrected chi connectivity index (χ1v) is 3.96. The number of hydrogen-bond acceptors (Lipinski definition) is 1. The molecular formula is C9H12N3+. The van der Waals surface area contributed by atoms with Crippen LogP contribution in [0.4, 0.5) is 5.82 Å². The van der Waals surface area contributed by atoms with Gasteiger partial charge in [-0.05, 0) is 18.2 Å². The molecule has 12 heavy (non-hydrogen) atoms. The highest BCUT2D eigenvalue weighted by Gasteiger charge is 2.26. The van der Waals surface area contributed by atoms with E-state index in [9.17, 15) is 0 Å². The lowest BCUT2D eigenvalue weighted by Gasteiger charge is -2.24. The molecule has 0 aliphatic carbocycles. The summed E-state index contributed by atoms with van der Waals surface area (Å²) >= 11 is 0. The van der Waals surface area contributed by atoms with Crippen LogP contribution in [-0.4, -0.2) is 11.7 Å². The second-order valence-corrected chi connectivity index (χ2v) is 2.85. The monoisotopic (exact) mass is 162 g/mol. The Labute approximate surface area is 71.4 Å². The third-order valence-electron chi connectivity index (χ3n) is 2.15. The van der Waals surface area contributed by atoms with Crippen LogP contribution in [0.15, 0.2) is 42.9 Å². The number of nitrogens with one attached hydrogen (secondary N) is 1. The van der Waals surface area contributed by atoms with E-state index >= 15 is 0 Å². The first-order chi connectivity index (χ1) is 5.87. The van der Waals surface area contributed by atoms with Crippen molar-refractivity contribution in [3.63, 3.8) is 0 Å². The highest BCUT2D eigenvalue weighted by Crippen LogP contribution is 2.23. The number of nitrogens with two attached hydrogens (primary N) is 1. The number of H-pyrrole nitrogens is 1. The van der Waals surface area contributed by atoms with Crippen molar-refractivity contribution in [2.24, 2.45) is 5.73 Å². The summed E-state index contributed by atoms with van der Waals surface area (Å²) in [7, 11) is 0. The van der Waals surface area contributed by atoms with Crippen LogP contribution < -0.4 is 10.2 Å². The van der Waals surface area contributed by atoms with Gasteiger partial charge in [0.2, 0.25) is 5.82 Å². The zero-order valence-electron chi connectivity index (χ0n) is 6.77. The van der Waals surface area contributed by atoms with Crippen molar-refractivity contribution < 1.29 is 0 Å². The number of hydrogen-bond donors (Lipinski definition) is 2. The summed E-state index contributed by atoms with van der Waals surface area (Å²) in [5.41, 5.74) is 5.71. The van der Waals surface area contributed by atoms with Gasteiger partial charge < -0.3 is 4.98 Å². The number of allylic oxidation sites excluding steroid dienone is 2. The van der Waals surface area contributed by atoms with E-state index in [1.165, 1.54) is 0 Å². The molecule has 2 rings (SSSR count). The third kappa shape index (κ3) is 0.913. The summed E-state index contributed by atoms with van der Waals surface area (Å²) in [6.45, 7) is 0.549. The Bertz CT molecular complexity index is 297. The van der Waals surface area contributed by atoms with Gasteiger partial charge in [-0.2, -0.15) is 0 Å². The molecule has 0 amide bonds. The average molecular weight is 162 g/mol. The van der Waals surface area contributed by atoms with Crippen LogP contribution in [0.5, 0.6) is 0 Å². The molecule has 1 aliphatic rings. The van der Waals surface area contributed by atoms with Crippen molar-refractivity contribution >= 4 is 5.82 Å². The third-order valence-corrected chi connectivity index (χ3v) is 2.15. The molecule has 2 heterocycles. The fourth-order valence-electron chi connectivity index (χ4n) is 1.42. The molecular weight excluding hydrogens is 150 g/mol. The molecule has 0 aromatic carbocycles. The fourth-order valence-corrected chi connectivity index (χ4v) is 1.42. The predicted molar refractivity (Wildman–Crippen MR) is 49.9 cm³/mol. The van der Waals surface area contributed by atoms with Crippen molar-refractivity contribution in [3.8, 4) is 0 Å². The molecule has 3 nitrogen and oxygen atoms in total. The Kier molecular flexibility index (Phi) is 1.60. The maximum absolute atomic E-state index is 5.71. The molecule has 1 aromatic rings.